The van der Waals surface area contributed by atoms with Crippen molar-refractivity contribution in [3.05, 3.63) is 76.5 Å². The largest absolute Gasteiger partial charge is 0.394 e. The molecule has 38 heavy (non-hydrogen) atoms. The molecule has 1 aliphatic rings. The lowest BCUT2D eigenvalue weighted by atomic mass is 9.92. The first kappa shape index (κ1) is 26.2. The Kier molecular flexibility index (Phi) is 6.92. The van der Waals surface area contributed by atoms with E-state index in [1.54, 1.807) is 0 Å². The fourth-order valence-electron chi connectivity index (χ4n) is 4.33. The zero-order valence-electron chi connectivity index (χ0n) is 19.4. The third-order valence-electron chi connectivity index (χ3n) is 6.12. The van der Waals surface area contributed by atoms with Gasteiger partial charge in [0.05, 0.1) is 12.8 Å². The summed E-state index contributed by atoms with van der Waals surface area (Å²) >= 11 is 6.03. The molecule has 1 fully saturated rings. The number of benzene rings is 2. The summed E-state index contributed by atoms with van der Waals surface area (Å²) < 4.78 is 63.4. The lowest BCUT2D eigenvalue weighted by Crippen LogP contribution is -2.53. The number of aliphatic hydroxyl groups excluding tert-OH is 3. The first-order chi connectivity index (χ1) is 18.1. The normalized spacial score (nSPS) is 23.7. The molecule has 1 aliphatic heterocycles. The maximum atomic E-state index is 14.7. The Hall–Kier alpha value is -3.43. The molecular formula is C23H19ClF4N6O4. The van der Waals surface area contributed by atoms with Gasteiger partial charge in [-0.3, -0.25) is 0 Å². The summed E-state index contributed by atoms with van der Waals surface area (Å²) in [6.45, 7) is 0.841. The monoisotopic (exact) mass is 554 g/mol. The van der Waals surface area contributed by atoms with E-state index < -0.39 is 60.3 Å². The van der Waals surface area contributed by atoms with Crippen LogP contribution in [-0.4, -0.2) is 70.0 Å². The molecule has 2 aromatic heterocycles. The molecular weight excluding hydrogens is 536 g/mol. The zero-order chi connectivity index (χ0) is 27.3. The van der Waals surface area contributed by atoms with Crippen molar-refractivity contribution in [2.75, 3.05) is 6.61 Å². The van der Waals surface area contributed by atoms with Crippen LogP contribution in [0.25, 0.3) is 16.9 Å². The summed E-state index contributed by atoms with van der Waals surface area (Å²) in [5.74, 6) is -5.09. The van der Waals surface area contributed by atoms with Crippen LogP contribution in [0.3, 0.4) is 0 Å². The van der Waals surface area contributed by atoms with Gasteiger partial charge in [0.1, 0.15) is 53.5 Å². The van der Waals surface area contributed by atoms with Gasteiger partial charge in [-0.15, -0.1) is 5.10 Å². The van der Waals surface area contributed by atoms with Gasteiger partial charge in [-0.2, -0.15) is 5.10 Å². The van der Waals surface area contributed by atoms with Crippen LogP contribution in [0, 0.1) is 30.2 Å². The van der Waals surface area contributed by atoms with Crippen LogP contribution in [0.4, 0.5) is 17.6 Å². The second-order valence-corrected chi connectivity index (χ2v) is 9.05. The summed E-state index contributed by atoms with van der Waals surface area (Å²) in [5.41, 5.74) is -0.327. The first-order valence-electron chi connectivity index (χ1n) is 11.2. The van der Waals surface area contributed by atoms with E-state index in [0.717, 1.165) is 15.4 Å². The number of ether oxygens (including phenoxy) is 1. The van der Waals surface area contributed by atoms with Crippen molar-refractivity contribution >= 4 is 11.6 Å². The third-order valence-corrected chi connectivity index (χ3v) is 6.35. The maximum absolute atomic E-state index is 14.7. The Morgan fingerprint density at radius 1 is 1.03 bits per heavy atom. The van der Waals surface area contributed by atoms with E-state index in [1.165, 1.54) is 25.3 Å². The van der Waals surface area contributed by atoms with Gasteiger partial charge in [0.25, 0.3) is 0 Å². The molecule has 4 aromatic rings. The minimum atomic E-state index is -1.65. The number of aliphatic hydroxyl groups is 3. The zero-order valence-corrected chi connectivity index (χ0v) is 20.1. The van der Waals surface area contributed by atoms with E-state index in [1.807, 2.05) is 0 Å². The third kappa shape index (κ3) is 4.54. The molecule has 5 atom stereocenters. The molecule has 5 rings (SSSR count). The highest BCUT2D eigenvalue weighted by molar-refractivity contribution is 6.30. The summed E-state index contributed by atoms with van der Waals surface area (Å²) in [7, 11) is 0. The van der Waals surface area contributed by atoms with Gasteiger partial charge < -0.3 is 20.1 Å². The van der Waals surface area contributed by atoms with E-state index in [0.29, 0.717) is 12.1 Å². The molecule has 0 spiro atoms. The minimum absolute atomic E-state index is 0.0606. The smallest absolute Gasteiger partial charge is 0.194 e. The quantitative estimate of drug-likeness (QED) is 0.253. The lowest BCUT2D eigenvalue weighted by molar-refractivity contribution is -0.210. The van der Waals surface area contributed by atoms with Crippen LogP contribution in [0.2, 0.25) is 5.02 Å². The van der Waals surface area contributed by atoms with Crippen LogP contribution < -0.4 is 0 Å². The minimum Gasteiger partial charge on any atom is -0.394 e. The molecule has 0 radical (unpaired) electrons. The summed E-state index contributed by atoms with van der Waals surface area (Å²) in [5, 5.41) is 44.1. The van der Waals surface area contributed by atoms with Crippen LogP contribution in [0.15, 0.2) is 36.5 Å². The standard InChI is InChI=1S/C23H19ClF4N6O4/c1-9-29-23(34(31-9)16-6-11(24)2-3-12(16)25)22-21(37)19(20(36)17(8-35)38-22)33-7-15(30-32-33)10-4-13(26)18(28)14(27)5-10/h2-7,17,19-22,35-37H,8H2,1H3/t17-,19+,20+,21-,22-/m1/s1. The van der Waals surface area contributed by atoms with Crippen molar-refractivity contribution in [1.82, 2.24) is 29.8 Å². The second-order valence-electron chi connectivity index (χ2n) is 8.61. The van der Waals surface area contributed by atoms with E-state index in [9.17, 15) is 32.9 Å². The number of nitrogens with zero attached hydrogens (tertiary/aromatic N) is 6. The van der Waals surface area contributed by atoms with Gasteiger partial charge in [-0.05, 0) is 37.3 Å². The Morgan fingerprint density at radius 2 is 1.74 bits per heavy atom. The number of rotatable bonds is 5. The fourth-order valence-corrected chi connectivity index (χ4v) is 4.49. The molecule has 3 heterocycles. The van der Waals surface area contributed by atoms with Crippen LogP contribution in [0.5, 0.6) is 0 Å². The highest BCUT2D eigenvalue weighted by Crippen LogP contribution is 2.39. The van der Waals surface area contributed by atoms with Crippen molar-refractivity contribution < 1.29 is 37.6 Å². The van der Waals surface area contributed by atoms with Gasteiger partial charge in [0.2, 0.25) is 0 Å². The number of hydrogen-bond donors (Lipinski definition) is 3. The van der Waals surface area contributed by atoms with Crippen LogP contribution >= 0.6 is 11.6 Å². The van der Waals surface area contributed by atoms with Crippen molar-refractivity contribution in [3.63, 3.8) is 0 Å². The Labute approximate surface area is 216 Å². The molecule has 0 unspecified atom stereocenters. The molecule has 0 saturated carbocycles. The predicted octanol–water partition coefficient (Wildman–Crippen LogP) is 2.44. The van der Waals surface area contributed by atoms with E-state index in [4.69, 9.17) is 16.3 Å². The number of aryl methyl sites for hydroxylation is 1. The molecule has 3 N–H and O–H groups in total. The first-order valence-corrected chi connectivity index (χ1v) is 11.5. The SMILES string of the molecule is Cc1nc([C@@H]2O[C@H](CO)[C@H](O)[C@H](n3cc(-c4cc(F)c(F)c(F)c4)nn3)[C@H]2O)n(-c2cc(Cl)ccc2F)n1. The highest BCUT2D eigenvalue weighted by Gasteiger charge is 2.48. The van der Waals surface area contributed by atoms with E-state index >= 15 is 0 Å². The Bertz CT molecular complexity index is 1480. The van der Waals surface area contributed by atoms with Crippen LogP contribution in [0.1, 0.15) is 23.8 Å². The molecule has 0 aliphatic carbocycles. The van der Waals surface area contributed by atoms with Gasteiger partial charge in [-0.1, -0.05) is 16.8 Å². The number of aromatic nitrogens is 6. The van der Waals surface area contributed by atoms with Gasteiger partial charge in [-0.25, -0.2) is 31.9 Å². The molecule has 15 heteroatoms. The second kappa shape index (κ2) is 10.0. The molecule has 0 amide bonds. The summed E-state index contributed by atoms with van der Waals surface area (Å²) in [6.07, 6.45) is -4.62. The van der Waals surface area contributed by atoms with E-state index in [-0.39, 0.29) is 33.6 Å². The Balaban J connectivity index is 1.55. The van der Waals surface area contributed by atoms with Crippen molar-refractivity contribution in [1.29, 1.82) is 0 Å². The predicted molar refractivity (Wildman–Crippen MR) is 122 cm³/mol. The average Bonchev–Trinajstić information content (AvgIpc) is 3.51. The van der Waals surface area contributed by atoms with Crippen molar-refractivity contribution in [2.45, 2.75) is 37.4 Å². The molecule has 10 nitrogen and oxygen atoms in total. The molecule has 200 valence electrons. The topological polar surface area (TPSA) is 131 Å². The average molecular weight is 555 g/mol. The molecule has 2 aromatic carbocycles. The van der Waals surface area contributed by atoms with Gasteiger partial charge in [0, 0.05) is 10.6 Å². The van der Waals surface area contributed by atoms with Crippen molar-refractivity contribution in [3.8, 4) is 16.9 Å². The fraction of sp³-hybridized carbons (Fsp3) is 0.304. The Morgan fingerprint density at radius 3 is 2.42 bits per heavy atom. The van der Waals surface area contributed by atoms with Gasteiger partial charge in [0.15, 0.2) is 23.3 Å². The molecule has 1 saturated heterocycles. The van der Waals surface area contributed by atoms with Gasteiger partial charge >= 0.3 is 0 Å². The summed E-state index contributed by atoms with van der Waals surface area (Å²) in [4.78, 5) is 4.26. The summed E-state index contributed by atoms with van der Waals surface area (Å²) in [6, 6.07) is 3.87. The highest BCUT2D eigenvalue weighted by atomic mass is 35.5. The van der Waals surface area contributed by atoms with Crippen LogP contribution in [-0.2, 0) is 4.74 Å². The molecule has 0 bridgehead atoms. The number of halogens is 5. The van der Waals surface area contributed by atoms with E-state index in [2.05, 4.69) is 20.4 Å². The lowest BCUT2D eigenvalue weighted by Gasteiger charge is -2.41. The maximum Gasteiger partial charge on any atom is 0.194 e. The number of hydrogen-bond acceptors (Lipinski definition) is 8. The van der Waals surface area contributed by atoms with Crippen molar-refractivity contribution in [2.24, 2.45) is 0 Å².